The molecule has 0 saturated carbocycles. The van der Waals surface area contributed by atoms with Gasteiger partial charge in [0.05, 0.1) is 6.04 Å². The predicted molar refractivity (Wildman–Crippen MR) is 77.0 cm³/mol. The lowest BCUT2D eigenvalue weighted by Gasteiger charge is -2.26. The molecule has 0 heterocycles. The van der Waals surface area contributed by atoms with E-state index in [1.807, 2.05) is 38.7 Å². The Kier molecular flexibility index (Phi) is 5.83. The molecular weight excluding hydrogens is 240 g/mol. The van der Waals surface area contributed by atoms with E-state index < -0.39 is 0 Å². The van der Waals surface area contributed by atoms with Gasteiger partial charge >= 0.3 is 0 Å². The highest BCUT2D eigenvalue weighted by atomic mass is 16.3. The number of nitrogens with one attached hydrogen (secondary N) is 1. The van der Waals surface area contributed by atoms with Crippen LogP contribution in [0.2, 0.25) is 0 Å². The Morgan fingerprint density at radius 2 is 1.95 bits per heavy atom. The maximum absolute atomic E-state index is 12.2. The van der Waals surface area contributed by atoms with Crippen LogP contribution in [0.15, 0.2) is 24.3 Å². The molecule has 0 spiro atoms. The second-order valence-corrected chi connectivity index (χ2v) is 4.72. The largest absolute Gasteiger partial charge is 0.508 e. The van der Waals surface area contributed by atoms with Crippen LogP contribution in [0.3, 0.4) is 0 Å². The third kappa shape index (κ3) is 4.24. The molecule has 2 unspecified atom stereocenters. The standard InChI is InChI=1S/C15H24N2O2/c1-5-17(6-2)15(19)12(4)16-11(3)13-8-7-9-14(18)10-13/h7-12,16,18H,5-6H2,1-4H3. The summed E-state index contributed by atoms with van der Waals surface area (Å²) in [4.78, 5) is 14.0. The Bertz CT molecular complexity index is 416. The van der Waals surface area contributed by atoms with Crippen LogP contribution in [0.1, 0.15) is 39.3 Å². The molecule has 1 rings (SSSR count). The van der Waals surface area contributed by atoms with Gasteiger partial charge in [-0.1, -0.05) is 12.1 Å². The van der Waals surface area contributed by atoms with Gasteiger partial charge in [0.15, 0.2) is 0 Å². The molecular formula is C15H24N2O2. The van der Waals surface area contributed by atoms with E-state index in [9.17, 15) is 9.90 Å². The van der Waals surface area contributed by atoms with Gasteiger partial charge in [-0.05, 0) is 45.4 Å². The average molecular weight is 264 g/mol. The molecule has 0 saturated heterocycles. The fraction of sp³-hybridized carbons (Fsp3) is 0.533. The number of likely N-dealkylation sites (N-methyl/N-ethyl adjacent to an activating group) is 1. The van der Waals surface area contributed by atoms with Crippen LogP contribution >= 0.6 is 0 Å². The predicted octanol–water partition coefficient (Wildman–Crippen LogP) is 2.30. The number of benzene rings is 1. The first-order valence-electron chi connectivity index (χ1n) is 6.83. The second-order valence-electron chi connectivity index (χ2n) is 4.72. The third-order valence-electron chi connectivity index (χ3n) is 3.32. The summed E-state index contributed by atoms with van der Waals surface area (Å²) in [6, 6.07) is 6.87. The van der Waals surface area contributed by atoms with Gasteiger partial charge in [-0.3, -0.25) is 10.1 Å². The lowest BCUT2D eigenvalue weighted by atomic mass is 10.1. The summed E-state index contributed by atoms with van der Waals surface area (Å²) in [5, 5.41) is 12.7. The molecule has 0 radical (unpaired) electrons. The number of nitrogens with zero attached hydrogens (tertiary/aromatic N) is 1. The average Bonchev–Trinajstić information content (AvgIpc) is 2.39. The van der Waals surface area contributed by atoms with Crippen LogP contribution in [0, 0.1) is 0 Å². The minimum absolute atomic E-state index is 0.0154. The maximum Gasteiger partial charge on any atom is 0.239 e. The summed E-state index contributed by atoms with van der Waals surface area (Å²) < 4.78 is 0. The van der Waals surface area contributed by atoms with Crippen molar-refractivity contribution in [3.8, 4) is 5.75 Å². The molecule has 106 valence electrons. The molecule has 2 N–H and O–H groups in total. The molecule has 1 aromatic rings. The van der Waals surface area contributed by atoms with Crippen LogP contribution in [0.5, 0.6) is 5.75 Å². The number of carbonyl (C=O) groups excluding carboxylic acids is 1. The quantitative estimate of drug-likeness (QED) is 0.829. The van der Waals surface area contributed by atoms with E-state index in [2.05, 4.69) is 5.32 Å². The number of phenols is 1. The van der Waals surface area contributed by atoms with Gasteiger partial charge in [-0.15, -0.1) is 0 Å². The summed E-state index contributed by atoms with van der Waals surface area (Å²) in [5.41, 5.74) is 0.971. The molecule has 0 fully saturated rings. The lowest BCUT2D eigenvalue weighted by molar-refractivity contribution is -0.132. The topological polar surface area (TPSA) is 52.6 Å². The van der Waals surface area contributed by atoms with Gasteiger partial charge in [0.2, 0.25) is 5.91 Å². The van der Waals surface area contributed by atoms with E-state index in [-0.39, 0.29) is 23.7 Å². The zero-order valence-electron chi connectivity index (χ0n) is 12.2. The van der Waals surface area contributed by atoms with Gasteiger partial charge in [0.25, 0.3) is 0 Å². The highest BCUT2D eigenvalue weighted by molar-refractivity contribution is 5.81. The van der Waals surface area contributed by atoms with Crippen LogP contribution in [0.4, 0.5) is 0 Å². The van der Waals surface area contributed by atoms with Crippen LogP contribution in [0.25, 0.3) is 0 Å². The van der Waals surface area contributed by atoms with Gasteiger partial charge < -0.3 is 10.0 Å². The molecule has 0 aliphatic heterocycles. The molecule has 2 atom stereocenters. The van der Waals surface area contributed by atoms with Gasteiger partial charge in [-0.25, -0.2) is 0 Å². The van der Waals surface area contributed by atoms with E-state index in [0.717, 1.165) is 18.7 Å². The smallest absolute Gasteiger partial charge is 0.239 e. The number of carbonyl (C=O) groups is 1. The van der Waals surface area contributed by atoms with Crippen LogP contribution in [-0.2, 0) is 4.79 Å². The Labute approximate surface area is 115 Å². The van der Waals surface area contributed by atoms with Crippen molar-refractivity contribution < 1.29 is 9.90 Å². The highest BCUT2D eigenvalue weighted by Crippen LogP contribution is 2.18. The van der Waals surface area contributed by atoms with E-state index in [1.54, 1.807) is 18.2 Å². The van der Waals surface area contributed by atoms with Gasteiger partial charge in [-0.2, -0.15) is 0 Å². The summed E-state index contributed by atoms with van der Waals surface area (Å²) in [6.45, 7) is 9.27. The molecule has 0 aliphatic rings. The summed E-state index contributed by atoms with van der Waals surface area (Å²) in [6.07, 6.45) is 0. The van der Waals surface area contributed by atoms with Crippen molar-refractivity contribution in [3.63, 3.8) is 0 Å². The molecule has 1 amide bonds. The highest BCUT2D eigenvalue weighted by Gasteiger charge is 2.20. The molecule has 1 aromatic carbocycles. The first-order valence-corrected chi connectivity index (χ1v) is 6.83. The Hall–Kier alpha value is -1.55. The van der Waals surface area contributed by atoms with Crippen LogP contribution < -0.4 is 5.32 Å². The molecule has 19 heavy (non-hydrogen) atoms. The molecule has 4 nitrogen and oxygen atoms in total. The Morgan fingerprint density at radius 3 is 2.47 bits per heavy atom. The Balaban J connectivity index is 2.66. The number of amides is 1. The number of rotatable bonds is 6. The van der Waals surface area contributed by atoms with E-state index in [4.69, 9.17) is 0 Å². The molecule has 0 aliphatic carbocycles. The number of hydrogen-bond acceptors (Lipinski definition) is 3. The number of hydrogen-bond donors (Lipinski definition) is 2. The molecule has 0 aromatic heterocycles. The number of phenolic OH excluding ortho intramolecular Hbond substituents is 1. The van der Waals surface area contributed by atoms with E-state index in [0.29, 0.717) is 0 Å². The first kappa shape index (κ1) is 15.5. The van der Waals surface area contributed by atoms with Crippen molar-refractivity contribution >= 4 is 5.91 Å². The van der Waals surface area contributed by atoms with E-state index >= 15 is 0 Å². The van der Waals surface area contributed by atoms with E-state index in [1.165, 1.54) is 0 Å². The zero-order valence-corrected chi connectivity index (χ0v) is 12.2. The van der Waals surface area contributed by atoms with Crippen molar-refractivity contribution in [2.24, 2.45) is 0 Å². The van der Waals surface area contributed by atoms with Crippen molar-refractivity contribution in [1.82, 2.24) is 10.2 Å². The minimum atomic E-state index is -0.239. The summed E-state index contributed by atoms with van der Waals surface area (Å²) >= 11 is 0. The maximum atomic E-state index is 12.2. The number of aromatic hydroxyl groups is 1. The third-order valence-corrected chi connectivity index (χ3v) is 3.32. The lowest BCUT2D eigenvalue weighted by Crippen LogP contribution is -2.45. The second kappa shape index (κ2) is 7.14. The SMILES string of the molecule is CCN(CC)C(=O)C(C)NC(C)c1cccc(O)c1. The van der Waals surface area contributed by atoms with Crippen molar-refractivity contribution in [1.29, 1.82) is 0 Å². The van der Waals surface area contributed by atoms with Crippen molar-refractivity contribution in [2.75, 3.05) is 13.1 Å². The van der Waals surface area contributed by atoms with Gasteiger partial charge in [0.1, 0.15) is 5.75 Å². The zero-order chi connectivity index (χ0) is 14.4. The normalized spacial score (nSPS) is 13.9. The molecule has 4 heteroatoms. The van der Waals surface area contributed by atoms with Crippen molar-refractivity contribution in [3.05, 3.63) is 29.8 Å². The minimum Gasteiger partial charge on any atom is -0.508 e. The Morgan fingerprint density at radius 1 is 1.32 bits per heavy atom. The summed E-state index contributed by atoms with van der Waals surface area (Å²) in [5.74, 6) is 0.353. The van der Waals surface area contributed by atoms with Gasteiger partial charge in [0, 0.05) is 19.1 Å². The fourth-order valence-corrected chi connectivity index (χ4v) is 2.15. The van der Waals surface area contributed by atoms with Crippen molar-refractivity contribution in [2.45, 2.75) is 39.8 Å². The fourth-order valence-electron chi connectivity index (χ4n) is 2.15. The molecule has 0 bridgehead atoms. The summed E-state index contributed by atoms with van der Waals surface area (Å²) in [7, 11) is 0. The first-order chi connectivity index (χ1) is 8.99. The monoisotopic (exact) mass is 264 g/mol. The van der Waals surface area contributed by atoms with Crippen LogP contribution in [-0.4, -0.2) is 35.0 Å².